The molecule has 0 aliphatic rings. The molecule has 0 aromatic heterocycles. The minimum atomic E-state index is -0.975. The minimum absolute atomic E-state index is 0.276. The molecule has 2 rings (SSSR count). The van der Waals surface area contributed by atoms with Gasteiger partial charge in [-0.25, -0.2) is 4.79 Å². The summed E-state index contributed by atoms with van der Waals surface area (Å²) in [4.78, 5) is 37.5. The number of carbonyl (C=O) groups is 3. The first-order chi connectivity index (χ1) is 14.9. The third kappa shape index (κ3) is 8.26. The van der Waals surface area contributed by atoms with Gasteiger partial charge in [0.15, 0.2) is 6.10 Å². The van der Waals surface area contributed by atoms with Gasteiger partial charge in [-0.05, 0) is 49.5 Å². The summed E-state index contributed by atoms with van der Waals surface area (Å²) in [6, 6.07) is 15.5. The van der Waals surface area contributed by atoms with Gasteiger partial charge in [0.2, 0.25) is 0 Å². The Morgan fingerprint density at radius 3 is 2.42 bits per heavy atom. The molecular weight excluding hydrogens is 436 g/mol. The van der Waals surface area contributed by atoms with Gasteiger partial charge in [-0.3, -0.25) is 9.59 Å². The topological polar surface area (TPSA) is 84.5 Å². The van der Waals surface area contributed by atoms with Crippen molar-refractivity contribution >= 4 is 41.1 Å². The normalized spacial score (nSPS) is 12.5. The summed E-state index contributed by atoms with van der Waals surface area (Å²) in [6.07, 6.45) is 1.98. The first-order valence-electron chi connectivity index (χ1n) is 9.98. The Balaban J connectivity index is 1.90. The van der Waals surface area contributed by atoms with Crippen LogP contribution in [-0.4, -0.2) is 48.5 Å². The van der Waals surface area contributed by atoms with Crippen molar-refractivity contribution in [3.05, 3.63) is 70.7 Å². The third-order valence-corrected chi connectivity index (χ3v) is 5.51. The fourth-order valence-electron chi connectivity index (χ4n) is 2.79. The number of benzene rings is 2. The van der Waals surface area contributed by atoms with Crippen LogP contribution in [0.25, 0.3) is 0 Å². The summed E-state index contributed by atoms with van der Waals surface area (Å²) < 4.78 is 5.33. The summed E-state index contributed by atoms with van der Waals surface area (Å²) in [5.41, 5.74) is 1.38. The molecule has 0 heterocycles. The largest absolute Gasteiger partial charge is 0.451 e. The van der Waals surface area contributed by atoms with E-state index in [1.807, 2.05) is 36.6 Å². The lowest BCUT2D eigenvalue weighted by atomic mass is 10.1. The van der Waals surface area contributed by atoms with Gasteiger partial charge in [0.05, 0.1) is 10.6 Å². The summed E-state index contributed by atoms with van der Waals surface area (Å²) in [6.45, 7) is 1.95. The van der Waals surface area contributed by atoms with E-state index in [4.69, 9.17) is 16.3 Å². The smallest absolute Gasteiger partial charge is 0.329 e. The highest BCUT2D eigenvalue weighted by molar-refractivity contribution is 7.98. The quantitative estimate of drug-likeness (QED) is 0.499. The lowest BCUT2D eigenvalue weighted by molar-refractivity contribution is -0.156. The second-order valence-corrected chi connectivity index (χ2v) is 8.29. The predicted molar refractivity (Wildman–Crippen MR) is 124 cm³/mol. The predicted octanol–water partition coefficient (Wildman–Crippen LogP) is 3.48. The molecule has 6 nitrogen and oxygen atoms in total. The van der Waals surface area contributed by atoms with Crippen molar-refractivity contribution in [1.82, 2.24) is 10.6 Å². The van der Waals surface area contributed by atoms with Gasteiger partial charge in [-0.1, -0.05) is 54.1 Å². The van der Waals surface area contributed by atoms with E-state index in [-0.39, 0.29) is 11.5 Å². The van der Waals surface area contributed by atoms with Gasteiger partial charge in [0.25, 0.3) is 11.8 Å². The zero-order valence-electron chi connectivity index (χ0n) is 17.6. The van der Waals surface area contributed by atoms with Crippen molar-refractivity contribution in [3.8, 4) is 0 Å². The van der Waals surface area contributed by atoms with Gasteiger partial charge in [-0.2, -0.15) is 11.8 Å². The number of halogens is 1. The molecule has 2 N–H and O–H groups in total. The molecule has 2 amide bonds. The van der Waals surface area contributed by atoms with Crippen LogP contribution in [0.15, 0.2) is 54.6 Å². The highest BCUT2D eigenvalue weighted by Crippen LogP contribution is 2.15. The van der Waals surface area contributed by atoms with E-state index in [1.54, 1.807) is 36.0 Å². The molecule has 2 unspecified atom stereocenters. The Morgan fingerprint density at radius 2 is 1.74 bits per heavy atom. The molecule has 0 fully saturated rings. The average Bonchev–Trinajstić information content (AvgIpc) is 2.77. The molecule has 0 saturated heterocycles. The highest BCUT2D eigenvalue weighted by Gasteiger charge is 2.27. The fourth-order valence-corrected chi connectivity index (χ4v) is 3.49. The molecule has 0 bridgehead atoms. The van der Waals surface area contributed by atoms with Gasteiger partial charge < -0.3 is 15.4 Å². The maximum Gasteiger partial charge on any atom is 0.329 e. The van der Waals surface area contributed by atoms with Crippen LogP contribution < -0.4 is 10.6 Å². The van der Waals surface area contributed by atoms with Crippen molar-refractivity contribution < 1.29 is 19.1 Å². The van der Waals surface area contributed by atoms with Crippen LogP contribution in [0.5, 0.6) is 0 Å². The van der Waals surface area contributed by atoms with Gasteiger partial charge in [0, 0.05) is 6.54 Å². The van der Waals surface area contributed by atoms with Crippen LogP contribution in [0.3, 0.4) is 0 Å². The molecule has 0 radical (unpaired) electrons. The Morgan fingerprint density at radius 1 is 1.06 bits per heavy atom. The molecule has 166 valence electrons. The van der Waals surface area contributed by atoms with Crippen molar-refractivity contribution in [2.24, 2.45) is 0 Å². The third-order valence-electron chi connectivity index (χ3n) is 4.54. The highest BCUT2D eigenvalue weighted by atomic mass is 35.5. The average molecular weight is 463 g/mol. The first kappa shape index (κ1) is 24.8. The maximum atomic E-state index is 12.7. The second kappa shape index (κ2) is 13.0. The van der Waals surface area contributed by atoms with Crippen molar-refractivity contribution in [2.75, 3.05) is 18.6 Å². The summed E-state index contributed by atoms with van der Waals surface area (Å²) >= 11 is 7.61. The molecule has 0 aliphatic heterocycles. The maximum absolute atomic E-state index is 12.7. The van der Waals surface area contributed by atoms with Crippen LogP contribution in [0, 0.1) is 0 Å². The molecule has 2 atom stereocenters. The lowest BCUT2D eigenvalue weighted by Crippen LogP contribution is -2.45. The zero-order chi connectivity index (χ0) is 22.6. The standard InChI is InChI=1S/C23H27ClN2O4S/c1-16(21(27)25-14-12-17-8-4-3-5-9-17)30-23(29)20(13-15-31-2)26-22(28)18-10-6-7-11-19(18)24/h3-11,16,20H,12-15H2,1-2H3,(H,25,27)(H,26,28). The lowest BCUT2D eigenvalue weighted by Gasteiger charge is -2.20. The Hall–Kier alpha value is -2.51. The first-order valence-corrected chi connectivity index (χ1v) is 11.8. The van der Waals surface area contributed by atoms with Crippen LogP contribution in [0.4, 0.5) is 0 Å². The number of hydrogen-bond donors (Lipinski definition) is 2. The number of ether oxygens (including phenoxy) is 1. The Labute approximate surface area is 192 Å². The number of hydrogen-bond acceptors (Lipinski definition) is 5. The summed E-state index contributed by atoms with van der Waals surface area (Å²) in [7, 11) is 0. The van der Waals surface area contributed by atoms with E-state index >= 15 is 0 Å². The molecule has 0 spiro atoms. The number of nitrogens with one attached hydrogen (secondary N) is 2. The minimum Gasteiger partial charge on any atom is -0.451 e. The van der Waals surface area contributed by atoms with E-state index in [2.05, 4.69) is 10.6 Å². The van der Waals surface area contributed by atoms with E-state index in [0.717, 1.165) is 5.56 Å². The van der Waals surface area contributed by atoms with Crippen molar-refractivity contribution in [3.63, 3.8) is 0 Å². The summed E-state index contributed by atoms with van der Waals surface area (Å²) in [5.74, 6) is -0.862. The van der Waals surface area contributed by atoms with E-state index in [9.17, 15) is 14.4 Å². The number of carbonyl (C=O) groups excluding carboxylic acids is 3. The zero-order valence-corrected chi connectivity index (χ0v) is 19.2. The van der Waals surface area contributed by atoms with E-state index < -0.39 is 24.0 Å². The van der Waals surface area contributed by atoms with Gasteiger partial charge in [-0.15, -0.1) is 0 Å². The summed E-state index contributed by atoms with van der Waals surface area (Å²) in [5, 5.41) is 5.74. The second-order valence-electron chi connectivity index (χ2n) is 6.89. The number of thioether (sulfide) groups is 1. The molecule has 2 aromatic carbocycles. The van der Waals surface area contributed by atoms with Gasteiger partial charge >= 0.3 is 5.97 Å². The number of rotatable bonds is 11. The van der Waals surface area contributed by atoms with Crippen LogP contribution >= 0.6 is 23.4 Å². The molecule has 2 aromatic rings. The van der Waals surface area contributed by atoms with Gasteiger partial charge in [0.1, 0.15) is 6.04 Å². The number of esters is 1. The molecule has 0 saturated carbocycles. The SMILES string of the molecule is CSCCC(NC(=O)c1ccccc1Cl)C(=O)OC(C)C(=O)NCCc1ccccc1. The molecule has 31 heavy (non-hydrogen) atoms. The van der Waals surface area contributed by atoms with Crippen molar-refractivity contribution in [1.29, 1.82) is 0 Å². The fraction of sp³-hybridized carbons (Fsp3) is 0.348. The van der Waals surface area contributed by atoms with Crippen molar-refractivity contribution in [2.45, 2.75) is 31.9 Å². The molecule has 8 heteroatoms. The van der Waals surface area contributed by atoms with E-state index in [1.165, 1.54) is 6.92 Å². The van der Waals surface area contributed by atoms with Crippen LogP contribution in [0.1, 0.15) is 29.3 Å². The van der Waals surface area contributed by atoms with Crippen LogP contribution in [0.2, 0.25) is 5.02 Å². The Kier molecular flexibility index (Phi) is 10.4. The number of amides is 2. The Bertz CT molecular complexity index is 879. The monoisotopic (exact) mass is 462 g/mol. The van der Waals surface area contributed by atoms with Crippen LogP contribution in [-0.2, 0) is 20.7 Å². The van der Waals surface area contributed by atoms with E-state index in [0.29, 0.717) is 30.2 Å². The molecular formula is C23H27ClN2O4S. The molecule has 0 aliphatic carbocycles.